The molecule has 2 aromatic carbocycles. The van der Waals surface area contributed by atoms with E-state index in [2.05, 4.69) is 6.92 Å². The minimum Gasteiger partial charge on any atom is -0.491 e. The molecule has 0 bridgehead atoms. The molecule has 0 saturated heterocycles. The van der Waals surface area contributed by atoms with Crippen LogP contribution < -0.4 is 15.2 Å². The molecular formula is C17H21NO3. The van der Waals surface area contributed by atoms with Crippen LogP contribution in [0.1, 0.15) is 12.5 Å². The first-order chi connectivity index (χ1) is 10.2. The van der Waals surface area contributed by atoms with Crippen LogP contribution in [0.25, 0.3) is 0 Å². The lowest BCUT2D eigenvalue weighted by atomic mass is 10.2. The number of rotatable bonds is 7. The van der Waals surface area contributed by atoms with Crippen molar-refractivity contribution in [3.63, 3.8) is 0 Å². The van der Waals surface area contributed by atoms with E-state index in [-0.39, 0.29) is 13.2 Å². The number of ether oxygens (including phenoxy) is 2. The number of hydrogen-bond acceptors (Lipinski definition) is 4. The molecule has 0 saturated carbocycles. The second-order valence-electron chi connectivity index (χ2n) is 4.85. The maximum absolute atomic E-state index is 9.86. The predicted octanol–water partition coefficient (Wildman–Crippen LogP) is 2.65. The Morgan fingerprint density at radius 2 is 1.67 bits per heavy atom. The van der Waals surface area contributed by atoms with Crippen molar-refractivity contribution in [3.05, 3.63) is 54.1 Å². The van der Waals surface area contributed by atoms with Gasteiger partial charge in [-0.3, -0.25) is 0 Å². The van der Waals surface area contributed by atoms with Gasteiger partial charge in [-0.1, -0.05) is 25.1 Å². The fourth-order valence-electron chi connectivity index (χ4n) is 1.86. The van der Waals surface area contributed by atoms with E-state index in [9.17, 15) is 5.11 Å². The van der Waals surface area contributed by atoms with E-state index in [0.717, 1.165) is 12.2 Å². The van der Waals surface area contributed by atoms with Gasteiger partial charge in [-0.25, -0.2) is 0 Å². The van der Waals surface area contributed by atoms with Gasteiger partial charge in [-0.15, -0.1) is 0 Å². The minimum atomic E-state index is -0.697. The molecule has 1 atom stereocenters. The van der Waals surface area contributed by atoms with Crippen LogP contribution >= 0.6 is 0 Å². The van der Waals surface area contributed by atoms with Gasteiger partial charge in [-0.05, 0) is 36.2 Å². The zero-order valence-corrected chi connectivity index (χ0v) is 12.2. The summed E-state index contributed by atoms with van der Waals surface area (Å²) in [6, 6.07) is 15.0. The van der Waals surface area contributed by atoms with E-state index >= 15 is 0 Å². The molecule has 112 valence electrons. The van der Waals surface area contributed by atoms with Crippen molar-refractivity contribution in [1.29, 1.82) is 0 Å². The Balaban J connectivity index is 1.75. The molecule has 21 heavy (non-hydrogen) atoms. The highest BCUT2D eigenvalue weighted by molar-refractivity contribution is 5.43. The lowest BCUT2D eigenvalue weighted by Crippen LogP contribution is -2.25. The Bertz CT molecular complexity index is 554. The summed E-state index contributed by atoms with van der Waals surface area (Å²) in [4.78, 5) is 0. The van der Waals surface area contributed by atoms with Crippen molar-refractivity contribution in [3.8, 4) is 11.5 Å². The summed E-state index contributed by atoms with van der Waals surface area (Å²) in [5, 5.41) is 9.86. The third kappa shape index (κ3) is 5.00. The summed E-state index contributed by atoms with van der Waals surface area (Å²) in [5.41, 5.74) is 7.55. The summed E-state index contributed by atoms with van der Waals surface area (Å²) >= 11 is 0. The molecule has 0 aliphatic heterocycles. The van der Waals surface area contributed by atoms with E-state index in [1.54, 1.807) is 18.2 Å². The first kappa shape index (κ1) is 15.2. The highest BCUT2D eigenvalue weighted by Gasteiger charge is 2.07. The molecule has 0 aliphatic rings. The molecule has 0 fully saturated rings. The SMILES string of the molecule is CCc1ccc(OCC(O)COc2cccc(N)c2)cc1. The average Bonchev–Trinajstić information content (AvgIpc) is 2.51. The van der Waals surface area contributed by atoms with Gasteiger partial charge in [-0.2, -0.15) is 0 Å². The molecule has 0 heterocycles. The second-order valence-corrected chi connectivity index (χ2v) is 4.85. The van der Waals surface area contributed by atoms with Crippen molar-refractivity contribution < 1.29 is 14.6 Å². The summed E-state index contributed by atoms with van der Waals surface area (Å²) in [5.74, 6) is 1.39. The molecule has 4 heteroatoms. The van der Waals surface area contributed by atoms with Gasteiger partial charge in [0.2, 0.25) is 0 Å². The summed E-state index contributed by atoms with van der Waals surface area (Å²) < 4.78 is 11.0. The number of aliphatic hydroxyl groups excluding tert-OH is 1. The maximum atomic E-state index is 9.86. The first-order valence-corrected chi connectivity index (χ1v) is 7.05. The predicted molar refractivity (Wildman–Crippen MR) is 83.7 cm³/mol. The molecule has 0 aromatic heterocycles. The summed E-state index contributed by atoms with van der Waals surface area (Å²) in [6.45, 7) is 2.46. The quantitative estimate of drug-likeness (QED) is 0.768. The van der Waals surface area contributed by atoms with Gasteiger partial charge in [0, 0.05) is 11.8 Å². The van der Waals surface area contributed by atoms with Crippen LogP contribution in [0.3, 0.4) is 0 Å². The van der Waals surface area contributed by atoms with Crippen LogP contribution in [0.4, 0.5) is 5.69 Å². The molecule has 0 amide bonds. The molecule has 1 unspecified atom stereocenters. The average molecular weight is 287 g/mol. The van der Waals surface area contributed by atoms with Crippen molar-refractivity contribution in [1.82, 2.24) is 0 Å². The van der Waals surface area contributed by atoms with E-state index in [0.29, 0.717) is 11.4 Å². The topological polar surface area (TPSA) is 64.7 Å². The third-order valence-electron chi connectivity index (χ3n) is 3.07. The van der Waals surface area contributed by atoms with Crippen molar-refractivity contribution in [2.24, 2.45) is 0 Å². The first-order valence-electron chi connectivity index (χ1n) is 7.05. The van der Waals surface area contributed by atoms with Gasteiger partial charge in [0.25, 0.3) is 0 Å². The Hall–Kier alpha value is -2.20. The number of aliphatic hydroxyl groups is 1. The Kier molecular flexibility index (Phi) is 5.46. The molecule has 0 radical (unpaired) electrons. The van der Waals surface area contributed by atoms with Crippen molar-refractivity contribution >= 4 is 5.69 Å². The van der Waals surface area contributed by atoms with Crippen molar-refractivity contribution in [2.75, 3.05) is 18.9 Å². The zero-order chi connectivity index (χ0) is 15.1. The molecule has 2 aromatic rings. The number of nitrogens with two attached hydrogens (primary N) is 1. The Morgan fingerprint density at radius 3 is 2.29 bits per heavy atom. The number of benzene rings is 2. The summed E-state index contributed by atoms with van der Waals surface area (Å²) in [7, 11) is 0. The monoisotopic (exact) mass is 287 g/mol. The van der Waals surface area contributed by atoms with E-state index in [1.165, 1.54) is 5.56 Å². The maximum Gasteiger partial charge on any atom is 0.122 e. The van der Waals surface area contributed by atoms with Crippen LogP contribution in [0, 0.1) is 0 Å². The van der Waals surface area contributed by atoms with Crippen LogP contribution in [0.15, 0.2) is 48.5 Å². The smallest absolute Gasteiger partial charge is 0.122 e. The van der Waals surface area contributed by atoms with Crippen molar-refractivity contribution in [2.45, 2.75) is 19.4 Å². The number of anilines is 1. The number of hydrogen-bond donors (Lipinski definition) is 2. The van der Waals surface area contributed by atoms with Gasteiger partial charge in [0.1, 0.15) is 30.8 Å². The number of aryl methyl sites for hydroxylation is 1. The fourth-order valence-corrected chi connectivity index (χ4v) is 1.86. The van der Waals surface area contributed by atoms with Gasteiger partial charge in [0.05, 0.1) is 0 Å². The highest BCUT2D eigenvalue weighted by atomic mass is 16.5. The van der Waals surface area contributed by atoms with Gasteiger partial charge >= 0.3 is 0 Å². The standard InChI is InChI=1S/C17H21NO3/c1-2-13-6-8-16(9-7-13)20-11-15(19)12-21-17-5-3-4-14(18)10-17/h3-10,15,19H,2,11-12,18H2,1H3. The van der Waals surface area contributed by atoms with Gasteiger partial charge < -0.3 is 20.3 Å². The van der Waals surface area contributed by atoms with Crippen LogP contribution in [-0.2, 0) is 6.42 Å². The van der Waals surface area contributed by atoms with E-state index in [1.807, 2.05) is 30.3 Å². The normalized spacial score (nSPS) is 11.9. The minimum absolute atomic E-state index is 0.163. The van der Waals surface area contributed by atoms with Crippen LogP contribution in [0.5, 0.6) is 11.5 Å². The van der Waals surface area contributed by atoms with E-state index in [4.69, 9.17) is 15.2 Å². The third-order valence-corrected chi connectivity index (χ3v) is 3.07. The molecular weight excluding hydrogens is 266 g/mol. The lowest BCUT2D eigenvalue weighted by molar-refractivity contribution is 0.0626. The Morgan fingerprint density at radius 1 is 1.00 bits per heavy atom. The van der Waals surface area contributed by atoms with E-state index < -0.39 is 6.10 Å². The number of nitrogen functional groups attached to an aromatic ring is 1. The fraction of sp³-hybridized carbons (Fsp3) is 0.294. The van der Waals surface area contributed by atoms with Gasteiger partial charge in [0.15, 0.2) is 0 Å². The molecule has 4 nitrogen and oxygen atoms in total. The Labute approximate surface area is 125 Å². The molecule has 0 spiro atoms. The largest absolute Gasteiger partial charge is 0.491 e. The molecule has 2 rings (SSSR count). The van der Waals surface area contributed by atoms with Crippen LogP contribution in [-0.4, -0.2) is 24.4 Å². The molecule has 3 N–H and O–H groups in total. The summed E-state index contributed by atoms with van der Waals surface area (Å²) in [6.07, 6.45) is 0.300. The highest BCUT2D eigenvalue weighted by Crippen LogP contribution is 2.15. The lowest BCUT2D eigenvalue weighted by Gasteiger charge is -2.14. The second kappa shape index (κ2) is 7.55. The molecule has 0 aliphatic carbocycles. The zero-order valence-electron chi connectivity index (χ0n) is 12.2. The van der Waals surface area contributed by atoms with Crippen LogP contribution in [0.2, 0.25) is 0 Å².